The van der Waals surface area contributed by atoms with Crippen LogP contribution >= 0.6 is 0 Å². The summed E-state index contributed by atoms with van der Waals surface area (Å²) in [5.41, 5.74) is -0.287. The smallest absolute Gasteiger partial charge is 0.0701 e. The molecule has 14 heavy (non-hydrogen) atoms. The van der Waals surface area contributed by atoms with Crippen LogP contribution in [0.25, 0.3) is 0 Å². The zero-order valence-electron chi connectivity index (χ0n) is 9.47. The van der Waals surface area contributed by atoms with Crippen molar-refractivity contribution in [3.63, 3.8) is 0 Å². The fourth-order valence-corrected chi connectivity index (χ4v) is 3.57. The molecular weight excluding hydrogens is 172 g/mol. The van der Waals surface area contributed by atoms with Crippen LogP contribution in [0.4, 0.5) is 0 Å². The summed E-state index contributed by atoms with van der Waals surface area (Å²) in [5.74, 6) is 1.16. The van der Waals surface area contributed by atoms with E-state index in [1.165, 1.54) is 51.4 Å². The van der Waals surface area contributed by atoms with Gasteiger partial charge in [0.05, 0.1) is 5.60 Å². The fraction of sp³-hybridized carbons (Fsp3) is 1.00. The van der Waals surface area contributed by atoms with Crippen LogP contribution < -0.4 is 0 Å². The van der Waals surface area contributed by atoms with Crippen molar-refractivity contribution in [2.75, 3.05) is 0 Å². The zero-order chi connectivity index (χ0) is 10.0. The highest BCUT2D eigenvalue weighted by atomic mass is 16.3. The highest BCUT2D eigenvalue weighted by Gasteiger charge is 2.44. The summed E-state index contributed by atoms with van der Waals surface area (Å²) in [6, 6.07) is 0. The van der Waals surface area contributed by atoms with E-state index in [1.54, 1.807) is 0 Å². The third kappa shape index (κ3) is 1.84. The summed E-state index contributed by atoms with van der Waals surface area (Å²) in [5, 5.41) is 10.7. The Morgan fingerprint density at radius 2 is 1.57 bits per heavy atom. The maximum Gasteiger partial charge on any atom is 0.0701 e. The molecule has 0 aromatic carbocycles. The summed E-state index contributed by atoms with van der Waals surface area (Å²) < 4.78 is 0. The molecule has 0 aliphatic heterocycles. The first-order valence-electron chi connectivity index (χ1n) is 6.46. The van der Waals surface area contributed by atoms with Crippen LogP contribution in [-0.2, 0) is 0 Å². The third-order valence-electron chi connectivity index (χ3n) is 4.63. The van der Waals surface area contributed by atoms with Crippen molar-refractivity contribution in [2.24, 2.45) is 11.8 Å². The summed E-state index contributed by atoms with van der Waals surface area (Å²) in [6.45, 7) is 2.25. The molecule has 2 saturated carbocycles. The van der Waals surface area contributed by atoms with Gasteiger partial charge >= 0.3 is 0 Å². The van der Waals surface area contributed by atoms with E-state index in [0.717, 1.165) is 6.42 Å². The summed E-state index contributed by atoms with van der Waals surface area (Å²) in [6.07, 6.45) is 11.6. The van der Waals surface area contributed by atoms with Crippen molar-refractivity contribution in [1.82, 2.24) is 0 Å². The first kappa shape index (κ1) is 10.5. The van der Waals surface area contributed by atoms with Crippen molar-refractivity contribution in [1.29, 1.82) is 0 Å². The second-order valence-electron chi connectivity index (χ2n) is 5.47. The lowest BCUT2D eigenvalue weighted by molar-refractivity contribution is -0.0516. The summed E-state index contributed by atoms with van der Waals surface area (Å²) >= 11 is 0. The summed E-state index contributed by atoms with van der Waals surface area (Å²) in [7, 11) is 0. The van der Waals surface area contributed by atoms with Crippen molar-refractivity contribution < 1.29 is 5.11 Å². The average Bonchev–Trinajstić information content (AvgIpc) is 2.47. The molecule has 0 radical (unpaired) electrons. The van der Waals surface area contributed by atoms with E-state index >= 15 is 0 Å². The molecule has 0 saturated heterocycles. The minimum absolute atomic E-state index is 0.287. The number of hydrogen-bond acceptors (Lipinski definition) is 1. The molecule has 0 aromatic heterocycles. The van der Waals surface area contributed by atoms with Gasteiger partial charge in [-0.05, 0) is 37.5 Å². The molecule has 2 rings (SSSR count). The van der Waals surface area contributed by atoms with Crippen molar-refractivity contribution in [3.05, 3.63) is 0 Å². The van der Waals surface area contributed by atoms with E-state index in [9.17, 15) is 5.11 Å². The second kappa shape index (κ2) is 4.22. The minimum atomic E-state index is -0.287. The molecule has 2 aliphatic rings. The van der Waals surface area contributed by atoms with Crippen molar-refractivity contribution in [2.45, 2.75) is 70.3 Å². The molecule has 0 aromatic rings. The number of aliphatic hydroxyl groups is 1. The Morgan fingerprint density at radius 3 is 2.07 bits per heavy atom. The molecule has 2 unspecified atom stereocenters. The Kier molecular flexibility index (Phi) is 3.16. The van der Waals surface area contributed by atoms with Gasteiger partial charge in [0.2, 0.25) is 0 Å². The Morgan fingerprint density at radius 1 is 0.929 bits per heavy atom. The summed E-state index contributed by atoms with van der Waals surface area (Å²) in [4.78, 5) is 0. The first-order valence-corrected chi connectivity index (χ1v) is 6.46. The van der Waals surface area contributed by atoms with Gasteiger partial charge in [0.25, 0.3) is 0 Å². The molecule has 2 atom stereocenters. The van der Waals surface area contributed by atoms with Crippen LogP contribution in [0.3, 0.4) is 0 Å². The molecule has 1 heteroatoms. The Labute approximate surface area is 87.9 Å². The molecule has 0 bridgehead atoms. The van der Waals surface area contributed by atoms with Crippen molar-refractivity contribution in [3.8, 4) is 0 Å². The van der Waals surface area contributed by atoms with E-state index in [0.29, 0.717) is 11.8 Å². The molecule has 82 valence electrons. The first-order chi connectivity index (χ1) is 6.73. The van der Waals surface area contributed by atoms with E-state index in [2.05, 4.69) is 6.92 Å². The Balaban J connectivity index is 2.03. The van der Waals surface area contributed by atoms with E-state index in [-0.39, 0.29) is 5.60 Å². The molecule has 2 aliphatic carbocycles. The fourth-order valence-electron chi connectivity index (χ4n) is 3.57. The standard InChI is InChI=1S/C13H24O/c1-11-7-6-10-13(11,14)12-8-4-2-3-5-9-12/h11-12,14H,2-10H2,1H3. The van der Waals surface area contributed by atoms with Gasteiger partial charge in [-0.1, -0.05) is 39.0 Å². The van der Waals surface area contributed by atoms with Gasteiger partial charge in [0.15, 0.2) is 0 Å². The normalized spacial score (nSPS) is 41.1. The van der Waals surface area contributed by atoms with Gasteiger partial charge in [-0.15, -0.1) is 0 Å². The monoisotopic (exact) mass is 196 g/mol. The molecule has 0 amide bonds. The SMILES string of the molecule is CC1CCCC1(O)C1CCCCCC1. The van der Waals surface area contributed by atoms with Crippen LogP contribution in [0.15, 0.2) is 0 Å². The van der Waals surface area contributed by atoms with Crippen LogP contribution in [0, 0.1) is 11.8 Å². The largest absolute Gasteiger partial charge is 0.389 e. The maximum absolute atomic E-state index is 10.7. The van der Waals surface area contributed by atoms with Gasteiger partial charge in [0.1, 0.15) is 0 Å². The van der Waals surface area contributed by atoms with Gasteiger partial charge in [-0.2, -0.15) is 0 Å². The van der Waals surface area contributed by atoms with Crippen molar-refractivity contribution >= 4 is 0 Å². The lowest BCUT2D eigenvalue weighted by Gasteiger charge is -2.36. The molecule has 1 nitrogen and oxygen atoms in total. The number of hydrogen-bond donors (Lipinski definition) is 1. The lowest BCUT2D eigenvalue weighted by atomic mass is 9.76. The predicted octanol–water partition coefficient (Wildman–Crippen LogP) is 3.51. The number of rotatable bonds is 1. The van der Waals surface area contributed by atoms with Crippen LogP contribution in [0.5, 0.6) is 0 Å². The second-order valence-corrected chi connectivity index (χ2v) is 5.47. The van der Waals surface area contributed by atoms with Gasteiger partial charge in [0, 0.05) is 0 Å². The molecule has 1 N–H and O–H groups in total. The molecule has 0 spiro atoms. The zero-order valence-corrected chi connectivity index (χ0v) is 9.47. The lowest BCUT2D eigenvalue weighted by Crippen LogP contribution is -2.40. The van der Waals surface area contributed by atoms with Gasteiger partial charge in [-0.3, -0.25) is 0 Å². The molecular formula is C13H24O. The van der Waals surface area contributed by atoms with Crippen LogP contribution in [0.2, 0.25) is 0 Å². The highest BCUT2D eigenvalue weighted by molar-refractivity contribution is 4.95. The quantitative estimate of drug-likeness (QED) is 0.636. The highest BCUT2D eigenvalue weighted by Crippen LogP contribution is 2.45. The topological polar surface area (TPSA) is 20.2 Å². The Hall–Kier alpha value is -0.0400. The van der Waals surface area contributed by atoms with Gasteiger partial charge < -0.3 is 5.11 Å². The predicted molar refractivity (Wildman–Crippen MR) is 59.2 cm³/mol. The third-order valence-corrected chi connectivity index (χ3v) is 4.63. The van der Waals surface area contributed by atoms with Gasteiger partial charge in [-0.25, -0.2) is 0 Å². The Bertz CT molecular complexity index is 182. The van der Waals surface area contributed by atoms with Crippen LogP contribution in [-0.4, -0.2) is 10.7 Å². The van der Waals surface area contributed by atoms with E-state index < -0.39 is 0 Å². The maximum atomic E-state index is 10.7. The molecule has 2 fully saturated rings. The van der Waals surface area contributed by atoms with Crippen LogP contribution in [0.1, 0.15) is 64.7 Å². The average molecular weight is 196 g/mol. The van der Waals surface area contributed by atoms with E-state index in [1.807, 2.05) is 0 Å². The van der Waals surface area contributed by atoms with E-state index in [4.69, 9.17) is 0 Å². The molecule has 0 heterocycles. The minimum Gasteiger partial charge on any atom is -0.389 e.